The summed E-state index contributed by atoms with van der Waals surface area (Å²) in [5, 5.41) is 4.85. The van der Waals surface area contributed by atoms with Crippen LogP contribution in [0.15, 0.2) is 41.6 Å². The van der Waals surface area contributed by atoms with E-state index < -0.39 is 0 Å². The normalized spacial score (nSPS) is 14.5. The van der Waals surface area contributed by atoms with Gasteiger partial charge in [-0.2, -0.15) is 5.10 Å². The fourth-order valence-corrected chi connectivity index (χ4v) is 3.51. The van der Waals surface area contributed by atoms with Gasteiger partial charge in [0.05, 0.1) is 0 Å². The Hall–Kier alpha value is -2.51. The van der Waals surface area contributed by atoms with Crippen molar-refractivity contribution in [2.24, 2.45) is 0 Å². The standard InChI is InChI=1S/C19H23N5O2/c1-25-10-2-8-24-18-5-9-23(11-15-3-6-20-7-4-15)12-16(18)19(22-24)17-13-26-14-21-17/h3-4,6-7,13-14H,2,5,8-12H2,1H3. The molecule has 4 rings (SSSR count). The molecule has 0 aliphatic carbocycles. The highest BCUT2D eigenvalue weighted by atomic mass is 16.5. The largest absolute Gasteiger partial charge is 0.451 e. The van der Waals surface area contributed by atoms with Gasteiger partial charge in [-0.1, -0.05) is 0 Å². The van der Waals surface area contributed by atoms with Gasteiger partial charge in [-0.3, -0.25) is 14.6 Å². The lowest BCUT2D eigenvalue weighted by Crippen LogP contribution is -2.31. The number of hydrogen-bond donors (Lipinski definition) is 0. The molecule has 0 bridgehead atoms. The first-order chi connectivity index (χ1) is 12.8. The van der Waals surface area contributed by atoms with Crippen molar-refractivity contribution >= 4 is 0 Å². The SMILES string of the molecule is COCCCn1nc(-c2cocn2)c2c1CCN(Cc1ccncc1)C2. The Kier molecular flexibility index (Phi) is 5.08. The zero-order valence-corrected chi connectivity index (χ0v) is 15.0. The predicted molar refractivity (Wildman–Crippen MR) is 96.3 cm³/mol. The van der Waals surface area contributed by atoms with Crippen LogP contribution in [-0.2, 0) is 30.8 Å². The van der Waals surface area contributed by atoms with E-state index in [0.717, 1.165) is 57.0 Å². The molecule has 3 aromatic rings. The van der Waals surface area contributed by atoms with Gasteiger partial charge in [0.25, 0.3) is 0 Å². The van der Waals surface area contributed by atoms with Gasteiger partial charge in [-0.15, -0.1) is 0 Å². The monoisotopic (exact) mass is 353 g/mol. The van der Waals surface area contributed by atoms with Crippen molar-refractivity contribution in [1.29, 1.82) is 0 Å². The van der Waals surface area contributed by atoms with Gasteiger partial charge in [0.1, 0.15) is 17.7 Å². The maximum atomic E-state index is 5.19. The van der Waals surface area contributed by atoms with Crippen LogP contribution < -0.4 is 0 Å². The molecule has 0 amide bonds. The first-order valence-electron chi connectivity index (χ1n) is 8.92. The molecule has 0 aromatic carbocycles. The Balaban J connectivity index is 1.59. The minimum absolute atomic E-state index is 0.738. The quantitative estimate of drug-likeness (QED) is 0.608. The Bertz CT molecular complexity index is 829. The van der Waals surface area contributed by atoms with Crippen LogP contribution in [0.2, 0.25) is 0 Å². The van der Waals surface area contributed by atoms with Crippen molar-refractivity contribution in [2.45, 2.75) is 32.5 Å². The molecule has 0 N–H and O–H groups in total. The molecule has 1 aliphatic heterocycles. The molecule has 0 saturated carbocycles. The van der Waals surface area contributed by atoms with E-state index in [9.17, 15) is 0 Å². The van der Waals surface area contributed by atoms with Gasteiger partial charge in [0.15, 0.2) is 6.39 Å². The minimum Gasteiger partial charge on any atom is -0.451 e. The second kappa shape index (κ2) is 7.80. The molecule has 0 spiro atoms. The topological polar surface area (TPSA) is 69.2 Å². The lowest BCUT2D eigenvalue weighted by atomic mass is 10.0. The molecule has 0 saturated heterocycles. The maximum absolute atomic E-state index is 5.19. The van der Waals surface area contributed by atoms with Crippen LogP contribution in [0.3, 0.4) is 0 Å². The molecule has 0 unspecified atom stereocenters. The van der Waals surface area contributed by atoms with Crippen LogP contribution in [0, 0.1) is 0 Å². The lowest BCUT2D eigenvalue weighted by molar-refractivity contribution is 0.188. The lowest BCUT2D eigenvalue weighted by Gasteiger charge is -2.27. The predicted octanol–water partition coefficient (Wildman–Crippen LogP) is 2.53. The van der Waals surface area contributed by atoms with Crippen molar-refractivity contribution in [1.82, 2.24) is 24.6 Å². The molecular formula is C19H23N5O2. The number of nitrogens with zero attached hydrogens (tertiary/aromatic N) is 5. The van der Waals surface area contributed by atoms with Crippen LogP contribution >= 0.6 is 0 Å². The summed E-state index contributed by atoms with van der Waals surface area (Å²) < 4.78 is 12.5. The Morgan fingerprint density at radius 3 is 2.92 bits per heavy atom. The van der Waals surface area contributed by atoms with Gasteiger partial charge in [0, 0.05) is 70.0 Å². The van der Waals surface area contributed by atoms with Crippen molar-refractivity contribution in [3.8, 4) is 11.4 Å². The molecule has 0 atom stereocenters. The van der Waals surface area contributed by atoms with E-state index in [1.807, 2.05) is 12.4 Å². The van der Waals surface area contributed by atoms with E-state index >= 15 is 0 Å². The van der Waals surface area contributed by atoms with Crippen LogP contribution in [0.4, 0.5) is 0 Å². The van der Waals surface area contributed by atoms with Gasteiger partial charge < -0.3 is 9.15 Å². The molecule has 26 heavy (non-hydrogen) atoms. The highest BCUT2D eigenvalue weighted by molar-refractivity contribution is 5.59. The zero-order chi connectivity index (χ0) is 17.8. The third-order valence-electron chi connectivity index (χ3n) is 4.76. The molecule has 1 aliphatic rings. The number of fused-ring (bicyclic) bond motifs is 1. The number of hydrogen-bond acceptors (Lipinski definition) is 6. The molecule has 0 radical (unpaired) electrons. The summed E-state index contributed by atoms with van der Waals surface area (Å²) in [5.74, 6) is 0. The Morgan fingerprint density at radius 2 is 2.15 bits per heavy atom. The van der Waals surface area contributed by atoms with Gasteiger partial charge in [-0.25, -0.2) is 4.98 Å². The van der Waals surface area contributed by atoms with Gasteiger partial charge in [-0.05, 0) is 24.1 Å². The molecule has 3 aromatic heterocycles. The summed E-state index contributed by atoms with van der Waals surface area (Å²) in [6, 6.07) is 4.14. The van der Waals surface area contributed by atoms with Gasteiger partial charge in [0.2, 0.25) is 0 Å². The summed E-state index contributed by atoms with van der Waals surface area (Å²) in [6.07, 6.45) is 8.76. The molecule has 4 heterocycles. The number of rotatable bonds is 7. The number of methoxy groups -OCH3 is 1. The Morgan fingerprint density at radius 1 is 1.27 bits per heavy atom. The van der Waals surface area contributed by atoms with E-state index in [1.54, 1.807) is 13.4 Å². The molecule has 7 nitrogen and oxygen atoms in total. The molecular weight excluding hydrogens is 330 g/mol. The van der Waals surface area contributed by atoms with E-state index in [-0.39, 0.29) is 0 Å². The average Bonchev–Trinajstić information content (AvgIpc) is 3.31. The first kappa shape index (κ1) is 16.9. The smallest absolute Gasteiger partial charge is 0.181 e. The van der Waals surface area contributed by atoms with E-state index in [4.69, 9.17) is 14.3 Å². The molecule has 136 valence electrons. The zero-order valence-electron chi connectivity index (χ0n) is 15.0. The number of ether oxygens (including phenoxy) is 1. The number of aryl methyl sites for hydroxylation is 1. The number of pyridine rings is 1. The van der Waals surface area contributed by atoms with Crippen LogP contribution in [0.5, 0.6) is 0 Å². The number of aromatic nitrogens is 4. The van der Waals surface area contributed by atoms with Crippen LogP contribution in [0.1, 0.15) is 23.2 Å². The third-order valence-corrected chi connectivity index (χ3v) is 4.76. The highest BCUT2D eigenvalue weighted by Gasteiger charge is 2.26. The summed E-state index contributed by atoms with van der Waals surface area (Å²) in [5.41, 5.74) is 5.59. The van der Waals surface area contributed by atoms with Gasteiger partial charge >= 0.3 is 0 Å². The van der Waals surface area contributed by atoms with Crippen molar-refractivity contribution in [3.63, 3.8) is 0 Å². The van der Waals surface area contributed by atoms with Crippen molar-refractivity contribution in [3.05, 3.63) is 54.0 Å². The number of oxazole rings is 1. The second-order valence-corrected chi connectivity index (χ2v) is 6.53. The summed E-state index contributed by atoms with van der Waals surface area (Å²) in [7, 11) is 1.73. The van der Waals surface area contributed by atoms with Crippen LogP contribution in [-0.4, -0.2) is 44.9 Å². The first-order valence-corrected chi connectivity index (χ1v) is 8.92. The minimum atomic E-state index is 0.738. The van der Waals surface area contributed by atoms with Crippen molar-refractivity contribution < 1.29 is 9.15 Å². The van der Waals surface area contributed by atoms with E-state index in [1.165, 1.54) is 23.2 Å². The summed E-state index contributed by atoms with van der Waals surface area (Å²) in [4.78, 5) is 10.9. The van der Waals surface area contributed by atoms with Crippen LogP contribution in [0.25, 0.3) is 11.4 Å². The average molecular weight is 353 g/mol. The molecule has 7 heteroatoms. The summed E-state index contributed by atoms with van der Waals surface area (Å²) >= 11 is 0. The second-order valence-electron chi connectivity index (χ2n) is 6.53. The Labute approximate surface area is 152 Å². The third kappa shape index (κ3) is 3.54. The van der Waals surface area contributed by atoms with E-state index in [2.05, 4.69) is 31.7 Å². The maximum Gasteiger partial charge on any atom is 0.181 e. The molecule has 0 fully saturated rings. The van der Waals surface area contributed by atoms with Crippen molar-refractivity contribution in [2.75, 3.05) is 20.3 Å². The fourth-order valence-electron chi connectivity index (χ4n) is 3.51. The van der Waals surface area contributed by atoms with E-state index in [0.29, 0.717) is 0 Å². The highest BCUT2D eigenvalue weighted by Crippen LogP contribution is 2.30. The fraction of sp³-hybridized carbons (Fsp3) is 0.421. The summed E-state index contributed by atoms with van der Waals surface area (Å²) in [6.45, 7) is 4.39.